The molecule has 1 fully saturated rings. The first-order valence-corrected chi connectivity index (χ1v) is 10.2. The van der Waals surface area contributed by atoms with E-state index in [4.69, 9.17) is 9.47 Å². The number of piperidine rings is 1. The number of aromatic nitrogens is 3. The molecule has 3 heterocycles. The lowest BCUT2D eigenvalue weighted by Gasteiger charge is -2.39. The highest BCUT2D eigenvalue weighted by Crippen LogP contribution is 2.28. The van der Waals surface area contributed by atoms with Crippen molar-refractivity contribution in [3.8, 4) is 0 Å². The van der Waals surface area contributed by atoms with Gasteiger partial charge in [0.25, 0.3) is 0 Å². The van der Waals surface area contributed by atoms with Crippen LogP contribution in [0, 0.1) is 0 Å². The van der Waals surface area contributed by atoms with Gasteiger partial charge < -0.3 is 19.3 Å². The van der Waals surface area contributed by atoms with Crippen LogP contribution in [0.15, 0.2) is 18.6 Å². The van der Waals surface area contributed by atoms with E-state index in [-0.39, 0.29) is 12.1 Å². The molecular formula is C21H29N5O4. The van der Waals surface area contributed by atoms with E-state index in [0.29, 0.717) is 42.0 Å². The van der Waals surface area contributed by atoms with Crippen LogP contribution in [-0.2, 0) is 9.47 Å². The lowest BCUT2D eigenvalue weighted by atomic mass is 10.0. The van der Waals surface area contributed by atoms with E-state index in [9.17, 15) is 9.59 Å². The normalized spacial score (nSPS) is 15.2. The van der Waals surface area contributed by atoms with Gasteiger partial charge in [-0.05, 0) is 40.5 Å². The number of hydrogen-bond donors (Lipinski definition) is 0. The van der Waals surface area contributed by atoms with Gasteiger partial charge in [0.1, 0.15) is 22.2 Å². The molecule has 0 radical (unpaired) electrons. The summed E-state index contributed by atoms with van der Waals surface area (Å²) in [5.74, 6) is 0.193. The first-order chi connectivity index (χ1) is 14.2. The van der Waals surface area contributed by atoms with Crippen molar-refractivity contribution < 1.29 is 19.1 Å². The minimum atomic E-state index is -0.520. The summed E-state index contributed by atoms with van der Waals surface area (Å²) in [6.07, 6.45) is 5.92. The van der Waals surface area contributed by atoms with Crippen molar-refractivity contribution in [2.45, 2.75) is 52.2 Å². The van der Waals surface area contributed by atoms with Gasteiger partial charge in [-0.15, -0.1) is 0 Å². The Labute approximate surface area is 176 Å². The molecule has 0 aromatic carbocycles. The van der Waals surface area contributed by atoms with Crippen molar-refractivity contribution in [2.75, 3.05) is 31.6 Å². The molecule has 0 N–H and O–H groups in total. The van der Waals surface area contributed by atoms with Gasteiger partial charge in [0.2, 0.25) is 0 Å². The smallest absolute Gasteiger partial charge is 0.410 e. The molecule has 0 atom stereocenters. The predicted octanol–water partition coefficient (Wildman–Crippen LogP) is 3.04. The number of rotatable bonds is 4. The molecule has 0 bridgehead atoms. The minimum Gasteiger partial charge on any atom is -0.465 e. The Hall–Kier alpha value is -2.97. The van der Waals surface area contributed by atoms with E-state index in [2.05, 4.69) is 19.9 Å². The van der Waals surface area contributed by atoms with E-state index in [1.807, 2.05) is 27.7 Å². The second kappa shape index (κ2) is 8.81. The average molecular weight is 415 g/mol. The Balaban J connectivity index is 1.77. The number of fused-ring (bicyclic) bond motifs is 1. The highest BCUT2D eigenvalue weighted by molar-refractivity contribution is 6.03. The molecular weight excluding hydrogens is 386 g/mol. The van der Waals surface area contributed by atoms with Crippen molar-refractivity contribution in [1.29, 1.82) is 0 Å². The Morgan fingerprint density at radius 2 is 1.77 bits per heavy atom. The maximum atomic E-state index is 12.6. The quantitative estimate of drug-likeness (QED) is 0.703. The van der Waals surface area contributed by atoms with E-state index in [1.165, 1.54) is 13.3 Å². The van der Waals surface area contributed by atoms with Gasteiger partial charge in [-0.25, -0.2) is 19.6 Å². The minimum absolute atomic E-state index is 0.104. The molecule has 1 saturated heterocycles. The third-order valence-corrected chi connectivity index (χ3v) is 5.06. The zero-order chi connectivity index (χ0) is 21.9. The summed E-state index contributed by atoms with van der Waals surface area (Å²) in [4.78, 5) is 41.7. The third kappa shape index (κ3) is 4.60. The van der Waals surface area contributed by atoms with Gasteiger partial charge in [0, 0.05) is 44.3 Å². The fourth-order valence-corrected chi connectivity index (χ4v) is 3.68. The molecule has 162 valence electrons. The number of amides is 1. The van der Waals surface area contributed by atoms with Crippen LogP contribution in [0.2, 0.25) is 0 Å². The van der Waals surface area contributed by atoms with Crippen LogP contribution < -0.4 is 4.90 Å². The summed E-state index contributed by atoms with van der Waals surface area (Å²) >= 11 is 0. The van der Waals surface area contributed by atoms with E-state index < -0.39 is 11.6 Å². The zero-order valence-electron chi connectivity index (χ0n) is 18.2. The number of hydrogen-bond acceptors (Lipinski definition) is 8. The Morgan fingerprint density at radius 1 is 1.13 bits per heavy atom. The highest BCUT2D eigenvalue weighted by Gasteiger charge is 2.31. The monoisotopic (exact) mass is 415 g/mol. The number of methoxy groups -OCH3 is 1. The molecule has 1 aliphatic heterocycles. The van der Waals surface area contributed by atoms with E-state index in [0.717, 1.165) is 12.8 Å². The van der Waals surface area contributed by atoms with Gasteiger partial charge in [-0.2, -0.15) is 0 Å². The van der Waals surface area contributed by atoms with Gasteiger partial charge in [0.15, 0.2) is 5.82 Å². The van der Waals surface area contributed by atoms with Gasteiger partial charge >= 0.3 is 12.1 Å². The molecule has 1 aliphatic rings. The third-order valence-electron chi connectivity index (χ3n) is 5.06. The lowest BCUT2D eigenvalue weighted by molar-refractivity contribution is 0.0149. The van der Waals surface area contributed by atoms with Crippen molar-refractivity contribution in [3.63, 3.8) is 0 Å². The van der Waals surface area contributed by atoms with Gasteiger partial charge in [-0.1, -0.05) is 0 Å². The van der Waals surface area contributed by atoms with Crippen LogP contribution in [0.1, 0.15) is 50.9 Å². The maximum Gasteiger partial charge on any atom is 0.410 e. The average Bonchev–Trinajstić information content (AvgIpc) is 2.72. The van der Waals surface area contributed by atoms with Crippen LogP contribution in [0.3, 0.4) is 0 Å². The number of pyridine rings is 1. The molecule has 1 amide bonds. The Kier molecular flexibility index (Phi) is 6.38. The number of esters is 1. The Bertz CT molecular complexity index is 919. The van der Waals surface area contributed by atoms with Crippen molar-refractivity contribution >= 4 is 28.9 Å². The first kappa shape index (κ1) is 21.7. The standard InChI is InChI=1S/C21H29N5O4/c1-6-26(20(28)30-21(2,3)4)14-7-11-25(12-8-14)18-17-16(22-9-10-23-17)15(13-24-18)19(27)29-5/h9-10,13-14H,6-8,11-12H2,1-5H3. The van der Waals surface area contributed by atoms with Crippen LogP contribution in [0.25, 0.3) is 11.0 Å². The predicted molar refractivity (Wildman–Crippen MR) is 113 cm³/mol. The molecule has 3 rings (SSSR count). The van der Waals surface area contributed by atoms with Crippen molar-refractivity contribution in [3.05, 3.63) is 24.2 Å². The molecule has 9 nitrogen and oxygen atoms in total. The summed E-state index contributed by atoms with van der Waals surface area (Å²) < 4.78 is 10.4. The van der Waals surface area contributed by atoms with Gasteiger partial charge in [0.05, 0.1) is 7.11 Å². The molecule has 0 aliphatic carbocycles. The maximum absolute atomic E-state index is 12.6. The molecule has 2 aromatic heterocycles. The second-order valence-corrected chi connectivity index (χ2v) is 8.23. The van der Waals surface area contributed by atoms with Crippen LogP contribution in [0.4, 0.5) is 10.6 Å². The summed E-state index contributed by atoms with van der Waals surface area (Å²) in [6.45, 7) is 9.60. The summed E-state index contributed by atoms with van der Waals surface area (Å²) in [6, 6.07) is 0.104. The summed E-state index contributed by atoms with van der Waals surface area (Å²) in [5, 5.41) is 0. The number of anilines is 1. The first-order valence-electron chi connectivity index (χ1n) is 10.2. The summed E-state index contributed by atoms with van der Waals surface area (Å²) in [5.41, 5.74) is 0.814. The molecule has 2 aromatic rings. The molecule has 0 saturated carbocycles. The number of carbonyl (C=O) groups is 2. The second-order valence-electron chi connectivity index (χ2n) is 8.23. The largest absolute Gasteiger partial charge is 0.465 e. The molecule has 0 spiro atoms. The fraction of sp³-hybridized carbons (Fsp3) is 0.571. The fourth-order valence-electron chi connectivity index (χ4n) is 3.68. The summed E-state index contributed by atoms with van der Waals surface area (Å²) in [7, 11) is 1.33. The molecule has 9 heteroatoms. The van der Waals surface area contributed by atoms with Crippen LogP contribution >= 0.6 is 0 Å². The molecule has 0 unspecified atom stereocenters. The SMILES string of the molecule is CCN(C(=O)OC(C)(C)C)C1CCN(c2ncc(C(=O)OC)c3nccnc23)CC1. The lowest BCUT2D eigenvalue weighted by Crippen LogP contribution is -2.49. The topological polar surface area (TPSA) is 97.8 Å². The Morgan fingerprint density at radius 3 is 2.33 bits per heavy atom. The number of nitrogens with zero attached hydrogens (tertiary/aromatic N) is 5. The van der Waals surface area contributed by atoms with Gasteiger partial charge in [-0.3, -0.25) is 4.98 Å². The van der Waals surface area contributed by atoms with Crippen molar-refractivity contribution in [1.82, 2.24) is 19.9 Å². The van der Waals surface area contributed by atoms with E-state index >= 15 is 0 Å². The zero-order valence-corrected chi connectivity index (χ0v) is 18.2. The molecule has 30 heavy (non-hydrogen) atoms. The van der Waals surface area contributed by atoms with E-state index in [1.54, 1.807) is 17.3 Å². The van der Waals surface area contributed by atoms with Crippen molar-refractivity contribution in [2.24, 2.45) is 0 Å². The van der Waals surface area contributed by atoms with Crippen LogP contribution in [0.5, 0.6) is 0 Å². The highest BCUT2D eigenvalue weighted by atomic mass is 16.6. The number of ether oxygens (including phenoxy) is 2. The van der Waals surface area contributed by atoms with Crippen LogP contribution in [-0.4, -0.2) is 70.3 Å². The number of carbonyl (C=O) groups excluding carboxylic acids is 2.